The second-order valence-corrected chi connectivity index (χ2v) is 6.05. The Balaban J connectivity index is 1.77. The van der Waals surface area contributed by atoms with Crippen LogP contribution in [0.1, 0.15) is 64.7 Å². The molecule has 1 unspecified atom stereocenters. The van der Waals surface area contributed by atoms with E-state index in [1.807, 2.05) is 0 Å². The standard InChI is InChI=1S/C15H28N2O/c1-12(13-8-5-6-9-13)17-15(18)14-10-4-2-3-7-11-16-14/h12-14,16H,2-11H2,1H3,(H,17,18)/t12-,14?/m0/s1. The summed E-state index contributed by atoms with van der Waals surface area (Å²) in [5, 5.41) is 6.64. The van der Waals surface area contributed by atoms with Crippen LogP contribution in [0.2, 0.25) is 0 Å². The van der Waals surface area contributed by atoms with Gasteiger partial charge in [-0.1, -0.05) is 32.1 Å². The predicted octanol–water partition coefficient (Wildman–Crippen LogP) is 2.60. The van der Waals surface area contributed by atoms with Crippen LogP contribution in [-0.4, -0.2) is 24.5 Å². The molecule has 3 nitrogen and oxygen atoms in total. The zero-order chi connectivity index (χ0) is 12.8. The first kappa shape index (κ1) is 13.9. The third kappa shape index (κ3) is 3.98. The van der Waals surface area contributed by atoms with Crippen molar-refractivity contribution >= 4 is 5.91 Å². The molecule has 0 radical (unpaired) electrons. The van der Waals surface area contributed by atoms with Gasteiger partial charge >= 0.3 is 0 Å². The SMILES string of the molecule is C[C@H](NC(=O)C1CCCCCCN1)C1CCCC1. The van der Waals surface area contributed by atoms with Crippen LogP contribution in [0.3, 0.4) is 0 Å². The maximum absolute atomic E-state index is 12.3. The second kappa shape index (κ2) is 7.13. The predicted molar refractivity (Wildman–Crippen MR) is 74.4 cm³/mol. The van der Waals surface area contributed by atoms with Crippen LogP contribution in [0.25, 0.3) is 0 Å². The van der Waals surface area contributed by atoms with Crippen LogP contribution in [0.15, 0.2) is 0 Å². The number of carbonyl (C=O) groups is 1. The van der Waals surface area contributed by atoms with Crippen LogP contribution in [0.5, 0.6) is 0 Å². The van der Waals surface area contributed by atoms with E-state index in [4.69, 9.17) is 0 Å². The van der Waals surface area contributed by atoms with Crippen LogP contribution >= 0.6 is 0 Å². The quantitative estimate of drug-likeness (QED) is 0.810. The second-order valence-electron chi connectivity index (χ2n) is 6.05. The normalized spacial score (nSPS) is 28.4. The van der Waals surface area contributed by atoms with Crippen molar-refractivity contribution < 1.29 is 4.79 Å². The highest BCUT2D eigenvalue weighted by Crippen LogP contribution is 2.27. The highest BCUT2D eigenvalue weighted by molar-refractivity contribution is 5.82. The lowest BCUT2D eigenvalue weighted by molar-refractivity contribution is -0.124. The van der Waals surface area contributed by atoms with Gasteiger partial charge in [-0.05, 0) is 45.1 Å². The lowest BCUT2D eigenvalue weighted by Crippen LogP contribution is -2.49. The average molecular weight is 252 g/mol. The van der Waals surface area contributed by atoms with E-state index in [2.05, 4.69) is 17.6 Å². The van der Waals surface area contributed by atoms with Gasteiger partial charge < -0.3 is 10.6 Å². The van der Waals surface area contributed by atoms with Gasteiger partial charge in [0.05, 0.1) is 6.04 Å². The number of amides is 1. The van der Waals surface area contributed by atoms with E-state index in [9.17, 15) is 4.79 Å². The number of carbonyl (C=O) groups excluding carboxylic acids is 1. The lowest BCUT2D eigenvalue weighted by atomic mass is 9.98. The van der Waals surface area contributed by atoms with Crippen molar-refractivity contribution in [2.45, 2.75) is 76.8 Å². The molecule has 1 saturated heterocycles. The van der Waals surface area contributed by atoms with Gasteiger partial charge in [-0.15, -0.1) is 0 Å². The minimum absolute atomic E-state index is 0.0501. The van der Waals surface area contributed by atoms with Crippen molar-refractivity contribution in [3.05, 3.63) is 0 Å². The molecule has 2 aliphatic rings. The van der Waals surface area contributed by atoms with Gasteiger partial charge in [0.2, 0.25) is 5.91 Å². The van der Waals surface area contributed by atoms with Crippen molar-refractivity contribution in [2.75, 3.05) is 6.54 Å². The van der Waals surface area contributed by atoms with Crippen LogP contribution < -0.4 is 10.6 Å². The third-order valence-corrected chi connectivity index (χ3v) is 4.60. The summed E-state index contributed by atoms with van der Waals surface area (Å²) in [7, 11) is 0. The fourth-order valence-corrected chi connectivity index (χ4v) is 3.33. The largest absolute Gasteiger partial charge is 0.352 e. The Morgan fingerprint density at radius 2 is 1.72 bits per heavy atom. The summed E-state index contributed by atoms with van der Waals surface area (Å²) in [6.07, 6.45) is 11.2. The summed E-state index contributed by atoms with van der Waals surface area (Å²) in [6, 6.07) is 0.404. The molecule has 3 heteroatoms. The molecule has 1 saturated carbocycles. The smallest absolute Gasteiger partial charge is 0.237 e. The molecule has 104 valence electrons. The number of hydrogen-bond acceptors (Lipinski definition) is 2. The minimum Gasteiger partial charge on any atom is -0.352 e. The van der Waals surface area contributed by atoms with Gasteiger partial charge in [0.25, 0.3) is 0 Å². The lowest BCUT2D eigenvalue weighted by Gasteiger charge is -2.25. The van der Waals surface area contributed by atoms with Gasteiger partial charge in [0.15, 0.2) is 0 Å². The number of rotatable bonds is 3. The third-order valence-electron chi connectivity index (χ3n) is 4.60. The molecule has 1 heterocycles. The Hall–Kier alpha value is -0.570. The molecular weight excluding hydrogens is 224 g/mol. The van der Waals surface area contributed by atoms with E-state index >= 15 is 0 Å². The molecular formula is C15H28N2O. The average Bonchev–Trinajstić information content (AvgIpc) is 2.81. The van der Waals surface area contributed by atoms with Crippen molar-refractivity contribution in [3.8, 4) is 0 Å². The summed E-state index contributed by atoms with van der Waals surface area (Å²) in [6.45, 7) is 3.17. The van der Waals surface area contributed by atoms with Crippen LogP contribution in [-0.2, 0) is 4.79 Å². The molecule has 2 atom stereocenters. The highest BCUT2D eigenvalue weighted by Gasteiger charge is 2.25. The molecule has 2 fully saturated rings. The zero-order valence-corrected chi connectivity index (χ0v) is 11.7. The molecule has 1 aliphatic heterocycles. The van der Waals surface area contributed by atoms with E-state index < -0.39 is 0 Å². The maximum Gasteiger partial charge on any atom is 0.237 e. The fraction of sp³-hybridized carbons (Fsp3) is 0.933. The van der Waals surface area contributed by atoms with Gasteiger partial charge in [0.1, 0.15) is 0 Å². The molecule has 1 aliphatic carbocycles. The van der Waals surface area contributed by atoms with Crippen LogP contribution in [0, 0.1) is 5.92 Å². The van der Waals surface area contributed by atoms with E-state index in [0.717, 1.165) is 13.0 Å². The molecule has 0 aromatic rings. The summed E-state index contributed by atoms with van der Waals surface area (Å²) in [5.41, 5.74) is 0. The van der Waals surface area contributed by atoms with E-state index in [0.29, 0.717) is 12.0 Å². The van der Waals surface area contributed by atoms with E-state index in [1.54, 1.807) is 0 Å². The summed E-state index contributed by atoms with van der Waals surface area (Å²) in [5.74, 6) is 0.943. The molecule has 2 rings (SSSR count). The Kier molecular flexibility index (Phi) is 5.48. The molecule has 2 N–H and O–H groups in total. The molecule has 0 spiro atoms. The Labute approximate surface area is 111 Å². The summed E-state index contributed by atoms with van der Waals surface area (Å²) < 4.78 is 0. The first-order valence-corrected chi connectivity index (χ1v) is 7.81. The zero-order valence-electron chi connectivity index (χ0n) is 11.7. The van der Waals surface area contributed by atoms with Gasteiger partial charge in [-0.3, -0.25) is 4.79 Å². The van der Waals surface area contributed by atoms with Crippen molar-refractivity contribution in [2.24, 2.45) is 5.92 Å². The van der Waals surface area contributed by atoms with Crippen molar-refractivity contribution in [1.82, 2.24) is 10.6 Å². The van der Waals surface area contributed by atoms with E-state index in [-0.39, 0.29) is 11.9 Å². The Bertz CT molecular complexity index is 253. The monoisotopic (exact) mass is 252 g/mol. The van der Waals surface area contributed by atoms with Crippen molar-refractivity contribution in [3.63, 3.8) is 0 Å². The van der Waals surface area contributed by atoms with E-state index in [1.165, 1.54) is 51.4 Å². The molecule has 0 bridgehead atoms. The first-order valence-electron chi connectivity index (χ1n) is 7.81. The van der Waals surface area contributed by atoms with Crippen molar-refractivity contribution in [1.29, 1.82) is 0 Å². The van der Waals surface area contributed by atoms with Gasteiger partial charge in [-0.25, -0.2) is 0 Å². The minimum atomic E-state index is 0.0501. The van der Waals surface area contributed by atoms with Gasteiger partial charge in [-0.2, -0.15) is 0 Å². The summed E-state index contributed by atoms with van der Waals surface area (Å²) >= 11 is 0. The molecule has 0 aromatic heterocycles. The number of hydrogen-bond donors (Lipinski definition) is 2. The molecule has 0 aromatic carbocycles. The number of nitrogens with one attached hydrogen (secondary N) is 2. The fourth-order valence-electron chi connectivity index (χ4n) is 3.33. The molecule has 1 amide bonds. The molecule has 18 heavy (non-hydrogen) atoms. The summed E-state index contributed by atoms with van der Waals surface area (Å²) in [4.78, 5) is 12.3. The van der Waals surface area contributed by atoms with Crippen LogP contribution in [0.4, 0.5) is 0 Å². The first-order chi connectivity index (χ1) is 8.77. The topological polar surface area (TPSA) is 41.1 Å². The Morgan fingerprint density at radius 3 is 2.50 bits per heavy atom. The van der Waals surface area contributed by atoms with Gasteiger partial charge in [0, 0.05) is 6.04 Å². The highest BCUT2D eigenvalue weighted by atomic mass is 16.2. The Morgan fingerprint density at radius 1 is 1.06 bits per heavy atom. The maximum atomic E-state index is 12.3.